The van der Waals surface area contributed by atoms with Crippen molar-refractivity contribution in [2.24, 2.45) is 0 Å². The summed E-state index contributed by atoms with van der Waals surface area (Å²) in [6.45, 7) is -0.295. The zero-order chi connectivity index (χ0) is 15.4. The Morgan fingerprint density at radius 1 is 1.43 bits per heavy atom. The zero-order valence-electron chi connectivity index (χ0n) is 10.6. The minimum atomic E-state index is -1.05. The summed E-state index contributed by atoms with van der Waals surface area (Å²) in [5.41, 5.74) is 0.290. The maximum absolute atomic E-state index is 13.6. The maximum Gasteiger partial charge on any atom is 0.325 e. The first-order valence-corrected chi connectivity index (χ1v) is 6.59. The van der Waals surface area contributed by atoms with Gasteiger partial charge in [0.25, 0.3) is 5.91 Å². The summed E-state index contributed by atoms with van der Waals surface area (Å²) in [5, 5.41) is 18.4. The van der Waals surface area contributed by atoms with Crippen LogP contribution in [0.3, 0.4) is 0 Å². The van der Waals surface area contributed by atoms with Crippen LogP contribution in [0, 0.1) is 5.82 Å². The average molecular weight is 357 g/mol. The molecule has 0 atom stereocenters. The predicted molar refractivity (Wildman–Crippen MR) is 72.9 cm³/mol. The van der Waals surface area contributed by atoms with Crippen molar-refractivity contribution in [1.29, 1.82) is 0 Å². The van der Waals surface area contributed by atoms with Gasteiger partial charge in [0, 0.05) is 4.47 Å². The van der Waals surface area contributed by atoms with E-state index in [0.29, 0.717) is 10.2 Å². The molecular formula is C12H10BrFN4O3. The Hall–Kier alpha value is -2.29. The Morgan fingerprint density at radius 3 is 2.86 bits per heavy atom. The van der Waals surface area contributed by atoms with E-state index in [1.807, 2.05) is 0 Å². The van der Waals surface area contributed by atoms with Crippen molar-refractivity contribution in [3.63, 3.8) is 0 Å². The highest BCUT2D eigenvalue weighted by Gasteiger charge is 2.12. The number of halogens is 2. The molecule has 0 radical (unpaired) electrons. The number of carboxylic acids is 1. The van der Waals surface area contributed by atoms with Gasteiger partial charge in [-0.25, -0.2) is 9.07 Å². The lowest BCUT2D eigenvalue weighted by atomic mass is 10.2. The highest BCUT2D eigenvalue weighted by atomic mass is 79.9. The number of amides is 1. The molecule has 0 aliphatic rings. The molecular weight excluding hydrogens is 347 g/mol. The van der Waals surface area contributed by atoms with E-state index in [4.69, 9.17) is 5.11 Å². The minimum Gasteiger partial charge on any atom is -0.480 e. The molecule has 1 aromatic heterocycles. The van der Waals surface area contributed by atoms with Gasteiger partial charge in [-0.3, -0.25) is 9.59 Å². The molecule has 0 saturated heterocycles. The lowest BCUT2D eigenvalue weighted by molar-refractivity contribution is -0.137. The number of hydrogen-bond acceptors (Lipinski definition) is 4. The Labute approximate surface area is 126 Å². The van der Waals surface area contributed by atoms with Gasteiger partial charge in [0.15, 0.2) is 0 Å². The fourth-order valence-corrected chi connectivity index (χ4v) is 1.91. The molecule has 1 aromatic carbocycles. The van der Waals surface area contributed by atoms with Crippen molar-refractivity contribution in [3.05, 3.63) is 45.9 Å². The summed E-state index contributed by atoms with van der Waals surface area (Å²) in [6, 6.07) is 4.11. The first kappa shape index (κ1) is 15.1. The van der Waals surface area contributed by atoms with E-state index < -0.39 is 17.7 Å². The zero-order valence-corrected chi connectivity index (χ0v) is 12.2. The molecule has 21 heavy (non-hydrogen) atoms. The van der Waals surface area contributed by atoms with Crippen LogP contribution in [0.4, 0.5) is 4.39 Å². The lowest BCUT2D eigenvalue weighted by Crippen LogP contribution is -2.24. The van der Waals surface area contributed by atoms with Crippen LogP contribution < -0.4 is 5.32 Å². The Bertz CT molecular complexity index is 689. The van der Waals surface area contributed by atoms with Gasteiger partial charge < -0.3 is 10.4 Å². The van der Waals surface area contributed by atoms with Crippen LogP contribution in [-0.4, -0.2) is 32.0 Å². The standard InChI is InChI=1S/C12H10BrFN4O3/c13-7-1-2-9(10(14)3-7)12(21)15-4-8-5-18(17-16-8)6-11(19)20/h1-3,5H,4,6H2,(H,15,21)(H,19,20). The molecule has 0 unspecified atom stereocenters. The van der Waals surface area contributed by atoms with Crippen molar-refractivity contribution in [2.75, 3.05) is 0 Å². The van der Waals surface area contributed by atoms with Crippen molar-refractivity contribution in [3.8, 4) is 0 Å². The van der Waals surface area contributed by atoms with Crippen LogP contribution in [0.1, 0.15) is 16.1 Å². The Balaban J connectivity index is 1.97. The number of hydrogen-bond donors (Lipinski definition) is 2. The van der Waals surface area contributed by atoms with Crippen LogP contribution in [0.25, 0.3) is 0 Å². The molecule has 0 aliphatic carbocycles. The fourth-order valence-electron chi connectivity index (χ4n) is 1.58. The van der Waals surface area contributed by atoms with Gasteiger partial charge in [0.05, 0.1) is 18.3 Å². The topological polar surface area (TPSA) is 97.1 Å². The number of carbonyl (C=O) groups is 2. The van der Waals surface area contributed by atoms with E-state index >= 15 is 0 Å². The number of rotatable bonds is 5. The Morgan fingerprint density at radius 2 is 2.19 bits per heavy atom. The van der Waals surface area contributed by atoms with Gasteiger partial charge in [-0.05, 0) is 18.2 Å². The first-order valence-electron chi connectivity index (χ1n) is 5.80. The molecule has 1 amide bonds. The number of carboxylic acid groups (broad SMARTS) is 1. The summed E-state index contributed by atoms with van der Waals surface area (Å²) < 4.78 is 15.3. The second-order valence-electron chi connectivity index (χ2n) is 4.11. The number of nitrogens with one attached hydrogen (secondary N) is 1. The molecule has 2 rings (SSSR count). The summed E-state index contributed by atoms with van der Waals surface area (Å²) >= 11 is 3.10. The second-order valence-corrected chi connectivity index (χ2v) is 5.02. The largest absolute Gasteiger partial charge is 0.480 e. The van der Waals surface area contributed by atoms with Crippen LogP contribution in [0.2, 0.25) is 0 Å². The fraction of sp³-hybridized carbons (Fsp3) is 0.167. The van der Waals surface area contributed by atoms with Gasteiger partial charge in [0.2, 0.25) is 0 Å². The van der Waals surface area contributed by atoms with Crippen molar-refractivity contribution in [1.82, 2.24) is 20.3 Å². The quantitative estimate of drug-likeness (QED) is 0.838. The third-order valence-electron chi connectivity index (χ3n) is 2.49. The Kier molecular flexibility index (Phi) is 4.63. The number of benzene rings is 1. The molecule has 2 N–H and O–H groups in total. The molecule has 0 aliphatic heterocycles. The number of aliphatic carboxylic acids is 1. The smallest absolute Gasteiger partial charge is 0.325 e. The maximum atomic E-state index is 13.6. The highest BCUT2D eigenvalue weighted by Crippen LogP contribution is 2.15. The first-order chi connectivity index (χ1) is 9.95. The summed E-state index contributed by atoms with van der Waals surface area (Å²) in [6.07, 6.45) is 1.40. The third kappa shape index (κ3) is 4.09. The van der Waals surface area contributed by atoms with Gasteiger partial charge in [-0.2, -0.15) is 0 Å². The molecule has 0 bridgehead atoms. The molecule has 0 fully saturated rings. The SMILES string of the molecule is O=C(O)Cn1cc(CNC(=O)c2ccc(Br)cc2F)nn1. The van der Waals surface area contributed by atoms with Crippen molar-refractivity contribution >= 4 is 27.8 Å². The predicted octanol–water partition coefficient (Wildman–Crippen LogP) is 1.19. The number of carbonyl (C=O) groups excluding carboxylic acids is 1. The normalized spacial score (nSPS) is 10.4. The molecule has 0 saturated carbocycles. The van der Waals surface area contributed by atoms with Gasteiger partial charge in [-0.15, -0.1) is 5.10 Å². The number of aromatic nitrogens is 3. The van der Waals surface area contributed by atoms with Crippen LogP contribution in [-0.2, 0) is 17.9 Å². The van der Waals surface area contributed by atoms with Gasteiger partial charge in [0.1, 0.15) is 18.1 Å². The van der Waals surface area contributed by atoms with Crippen LogP contribution in [0.5, 0.6) is 0 Å². The minimum absolute atomic E-state index is 0.0218. The molecule has 7 nitrogen and oxygen atoms in total. The molecule has 0 spiro atoms. The second kappa shape index (κ2) is 6.44. The number of nitrogens with zero attached hydrogens (tertiary/aromatic N) is 3. The van der Waals surface area contributed by atoms with Crippen LogP contribution in [0.15, 0.2) is 28.9 Å². The molecule has 9 heteroatoms. The van der Waals surface area contributed by atoms with E-state index in [2.05, 4.69) is 31.6 Å². The molecule has 2 aromatic rings. The van der Waals surface area contributed by atoms with Crippen molar-refractivity contribution < 1.29 is 19.1 Å². The third-order valence-corrected chi connectivity index (χ3v) is 2.98. The summed E-state index contributed by atoms with van der Waals surface area (Å²) in [5.74, 6) is -2.28. The van der Waals surface area contributed by atoms with E-state index in [0.717, 1.165) is 4.68 Å². The van der Waals surface area contributed by atoms with Crippen molar-refractivity contribution in [2.45, 2.75) is 13.1 Å². The highest BCUT2D eigenvalue weighted by molar-refractivity contribution is 9.10. The molecule has 110 valence electrons. The van der Waals surface area contributed by atoms with E-state index in [1.165, 1.54) is 18.3 Å². The lowest BCUT2D eigenvalue weighted by Gasteiger charge is -2.04. The van der Waals surface area contributed by atoms with E-state index in [-0.39, 0.29) is 18.7 Å². The van der Waals surface area contributed by atoms with Gasteiger partial charge in [-0.1, -0.05) is 21.1 Å². The van der Waals surface area contributed by atoms with E-state index in [1.54, 1.807) is 6.07 Å². The monoisotopic (exact) mass is 356 g/mol. The van der Waals surface area contributed by atoms with Crippen LogP contribution >= 0.6 is 15.9 Å². The summed E-state index contributed by atoms with van der Waals surface area (Å²) in [7, 11) is 0. The van der Waals surface area contributed by atoms with Gasteiger partial charge >= 0.3 is 5.97 Å². The molecule has 1 heterocycles. The average Bonchev–Trinajstić information content (AvgIpc) is 2.82. The van der Waals surface area contributed by atoms with E-state index in [9.17, 15) is 14.0 Å². The summed E-state index contributed by atoms with van der Waals surface area (Å²) in [4.78, 5) is 22.3.